The van der Waals surface area contributed by atoms with Gasteiger partial charge in [0.05, 0.1) is 0 Å². The SMILES string of the molecule is CN(C)C(=O)C1CCCN1C(=O)CCc1ccc(Cl)cc1. The van der Waals surface area contributed by atoms with Crippen molar-refractivity contribution < 1.29 is 9.59 Å². The van der Waals surface area contributed by atoms with Gasteiger partial charge in [-0.3, -0.25) is 9.59 Å². The molecule has 0 saturated carbocycles. The summed E-state index contributed by atoms with van der Waals surface area (Å²) < 4.78 is 0. The average molecular weight is 309 g/mol. The second kappa shape index (κ2) is 6.94. The topological polar surface area (TPSA) is 40.6 Å². The van der Waals surface area contributed by atoms with Crippen LogP contribution in [0, 0.1) is 0 Å². The fourth-order valence-corrected chi connectivity index (χ4v) is 2.79. The molecule has 0 N–H and O–H groups in total. The molecule has 0 bridgehead atoms. The molecule has 1 fully saturated rings. The Balaban J connectivity index is 1.93. The van der Waals surface area contributed by atoms with Gasteiger partial charge in [-0.25, -0.2) is 0 Å². The molecule has 0 spiro atoms. The molecule has 1 aliphatic rings. The van der Waals surface area contributed by atoms with E-state index in [0.29, 0.717) is 24.4 Å². The minimum Gasteiger partial charge on any atom is -0.347 e. The largest absolute Gasteiger partial charge is 0.347 e. The Bertz CT molecular complexity index is 514. The van der Waals surface area contributed by atoms with Crippen LogP contribution in [0.15, 0.2) is 24.3 Å². The zero-order valence-electron chi connectivity index (χ0n) is 12.5. The van der Waals surface area contributed by atoms with Gasteiger partial charge in [-0.1, -0.05) is 23.7 Å². The van der Waals surface area contributed by atoms with E-state index >= 15 is 0 Å². The van der Waals surface area contributed by atoms with Crippen LogP contribution < -0.4 is 0 Å². The number of carbonyl (C=O) groups excluding carboxylic acids is 2. The molecule has 1 heterocycles. The van der Waals surface area contributed by atoms with Crippen molar-refractivity contribution in [1.29, 1.82) is 0 Å². The second-order valence-electron chi connectivity index (χ2n) is 5.60. The van der Waals surface area contributed by atoms with Gasteiger partial charge in [0.25, 0.3) is 0 Å². The summed E-state index contributed by atoms with van der Waals surface area (Å²) >= 11 is 5.84. The summed E-state index contributed by atoms with van der Waals surface area (Å²) in [6.45, 7) is 0.684. The van der Waals surface area contributed by atoms with E-state index in [1.165, 1.54) is 0 Å². The molecule has 4 nitrogen and oxygen atoms in total. The van der Waals surface area contributed by atoms with E-state index in [-0.39, 0.29) is 17.9 Å². The number of benzene rings is 1. The number of nitrogens with zero attached hydrogens (tertiary/aromatic N) is 2. The number of carbonyl (C=O) groups is 2. The van der Waals surface area contributed by atoms with Gasteiger partial charge in [0.1, 0.15) is 6.04 Å². The number of rotatable bonds is 4. The predicted octanol–water partition coefficient (Wildman–Crippen LogP) is 2.35. The normalized spacial score (nSPS) is 17.9. The molecule has 114 valence electrons. The number of amides is 2. The summed E-state index contributed by atoms with van der Waals surface area (Å²) in [5, 5.41) is 0.696. The van der Waals surface area contributed by atoms with Crippen LogP contribution in [-0.4, -0.2) is 48.3 Å². The fraction of sp³-hybridized carbons (Fsp3) is 0.500. The Hall–Kier alpha value is -1.55. The third-order valence-corrected chi connectivity index (χ3v) is 4.09. The van der Waals surface area contributed by atoms with Gasteiger partial charge in [0.2, 0.25) is 11.8 Å². The third-order valence-electron chi connectivity index (χ3n) is 3.84. The predicted molar refractivity (Wildman–Crippen MR) is 83.2 cm³/mol. The van der Waals surface area contributed by atoms with Gasteiger partial charge in [-0.15, -0.1) is 0 Å². The van der Waals surface area contributed by atoms with Crippen LogP contribution in [0.2, 0.25) is 5.02 Å². The van der Waals surface area contributed by atoms with Gasteiger partial charge >= 0.3 is 0 Å². The Morgan fingerprint density at radius 1 is 1.29 bits per heavy atom. The molecular formula is C16H21ClN2O2. The smallest absolute Gasteiger partial charge is 0.244 e. The van der Waals surface area contributed by atoms with E-state index in [9.17, 15) is 9.59 Å². The minimum atomic E-state index is -0.280. The number of likely N-dealkylation sites (N-methyl/N-ethyl adjacent to an activating group) is 1. The molecule has 2 rings (SSSR count). The minimum absolute atomic E-state index is 0.0207. The van der Waals surface area contributed by atoms with E-state index in [0.717, 1.165) is 18.4 Å². The van der Waals surface area contributed by atoms with Crippen molar-refractivity contribution in [1.82, 2.24) is 9.80 Å². The van der Waals surface area contributed by atoms with Crippen LogP contribution in [0.1, 0.15) is 24.8 Å². The lowest BCUT2D eigenvalue weighted by molar-refractivity contribution is -0.142. The van der Waals surface area contributed by atoms with E-state index in [4.69, 9.17) is 11.6 Å². The third kappa shape index (κ3) is 3.97. The highest BCUT2D eigenvalue weighted by Crippen LogP contribution is 2.20. The molecule has 1 aromatic rings. The molecule has 0 radical (unpaired) electrons. The Kier molecular flexibility index (Phi) is 5.23. The lowest BCUT2D eigenvalue weighted by atomic mass is 10.1. The van der Waals surface area contributed by atoms with Crippen LogP contribution in [0.5, 0.6) is 0 Å². The molecule has 21 heavy (non-hydrogen) atoms. The second-order valence-corrected chi connectivity index (χ2v) is 6.04. The highest BCUT2D eigenvalue weighted by Gasteiger charge is 2.34. The summed E-state index contributed by atoms with van der Waals surface area (Å²) in [5.41, 5.74) is 1.09. The van der Waals surface area contributed by atoms with Crippen molar-refractivity contribution in [3.8, 4) is 0 Å². The van der Waals surface area contributed by atoms with Gasteiger partial charge in [0.15, 0.2) is 0 Å². The van der Waals surface area contributed by atoms with E-state index in [2.05, 4.69) is 0 Å². The first-order chi connectivity index (χ1) is 9.99. The number of halogens is 1. The van der Waals surface area contributed by atoms with E-state index < -0.39 is 0 Å². The molecular weight excluding hydrogens is 288 g/mol. The fourth-order valence-electron chi connectivity index (χ4n) is 2.67. The van der Waals surface area contributed by atoms with Crippen LogP contribution in [-0.2, 0) is 16.0 Å². The van der Waals surface area contributed by atoms with Crippen LogP contribution in [0.4, 0.5) is 0 Å². The van der Waals surface area contributed by atoms with Crippen LogP contribution in [0.3, 0.4) is 0 Å². The molecule has 5 heteroatoms. The van der Waals surface area contributed by atoms with Crippen molar-refractivity contribution in [2.45, 2.75) is 31.7 Å². The van der Waals surface area contributed by atoms with Crippen molar-refractivity contribution in [2.24, 2.45) is 0 Å². The molecule has 0 aromatic heterocycles. The summed E-state index contributed by atoms with van der Waals surface area (Å²) in [5.74, 6) is 0.0787. The van der Waals surface area contributed by atoms with E-state index in [1.807, 2.05) is 24.3 Å². The van der Waals surface area contributed by atoms with Gasteiger partial charge in [-0.05, 0) is 37.0 Å². The zero-order chi connectivity index (χ0) is 15.4. The maximum atomic E-state index is 12.4. The van der Waals surface area contributed by atoms with Gasteiger partial charge < -0.3 is 9.80 Å². The number of aryl methyl sites for hydroxylation is 1. The van der Waals surface area contributed by atoms with Gasteiger partial charge in [-0.2, -0.15) is 0 Å². The Morgan fingerprint density at radius 3 is 2.57 bits per heavy atom. The molecule has 0 aliphatic carbocycles. The van der Waals surface area contributed by atoms with Crippen LogP contribution >= 0.6 is 11.6 Å². The molecule has 1 aliphatic heterocycles. The Labute approximate surface area is 130 Å². The molecule has 1 saturated heterocycles. The molecule has 2 amide bonds. The highest BCUT2D eigenvalue weighted by atomic mass is 35.5. The number of likely N-dealkylation sites (tertiary alicyclic amines) is 1. The summed E-state index contributed by atoms with van der Waals surface area (Å²) in [4.78, 5) is 27.7. The quantitative estimate of drug-likeness (QED) is 0.856. The molecule has 1 atom stereocenters. The summed E-state index contributed by atoms with van der Waals surface area (Å²) in [6.07, 6.45) is 2.77. The molecule has 1 unspecified atom stereocenters. The van der Waals surface area contributed by atoms with Crippen molar-refractivity contribution in [3.05, 3.63) is 34.9 Å². The number of hydrogen-bond donors (Lipinski definition) is 0. The zero-order valence-corrected chi connectivity index (χ0v) is 13.3. The maximum Gasteiger partial charge on any atom is 0.244 e. The van der Waals surface area contributed by atoms with Crippen LogP contribution in [0.25, 0.3) is 0 Å². The van der Waals surface area contributed by atoms with Crippen molar-refractivity contribution in [2.75, 3.05) is 20.6 Å². The Morgan fingerprint density at radius 2 is 1.95 bits per heavy atom. The average Bonchev–Trinajstić information content (AvgIpc) is 2.94. The van der Waals surface area contributed by atoms with Gasteiger partial charge in [0, 0.05) is 32.1 Å². The summed E-state index contributed by atoms with van der Waals surface area (Å²) in [6, 6.07) is 7.24. The lowest BCUT2D eigenvalue weighted by Gasteiger charge is -2.26. The first kappa shape index (κ1) is 15.8. The molecule has 1 aromatic carbocycles. The first-order valence-electron chi connectivity index (χ1n) is 7.24. The summed E-state index contributed by atoms with van der Waals surface area (Å²) in [7, 11) is 3.47. The maximum absolute atomic E-state index is 12.4. The standard InChI is InChI=1S/C16H21ClN2O2/c1-18(2)16(21)14-4-3-11-19(14)15(20)10-7-12-5-8-13(17)9-6-12/h5-6,8-9,14H,3-4,7,10-11H2,1-2H3. The monoisotopic (exact) mass is 308 g/mol. The van der Waals surface area contributed by atoms with Crippen molar-refractivity contribution in [3.63, 3.8) is 0 Å². The van der Waals surface area contributed by atoms with E-state index in [1.54, 1.807) is 23.9 Å². The lowest BCUT2D eigenvalue weighted by Crippen LogP contribution is -2.45. The van der Waals surface area contributed by atoms with Crippen molar-refractivity contribution >= 4 is 23.4 Å². The number of hydrogen-bond acceptors (Lipinski definition) is 2. The first-order valence-corrected chi connectivity index (χ1v) is 7.62. The highest BCUT2D eigenvalue weighted by molar-refractivity contribution is 6.30.